The number of benzene rings is 3. The van der Waals surface area contributed by atoms with E-state index in [2.05, 4.69) is 101 Å². The lowest BCUT2D eigenvalue weighted by Crippen LogP contribution is -1.95. The van der Waals surface area contributed by atoms with Crippen molar-refractivity contribution >= 4 is 49.7 Å². The molecule has 6 nitrogen and oxygen atoms in total. The molecule has 0 saturated carbocycles. The van der Waals surface area contributed by atoms with Crippen LogP contribution in [0.15, 0.2) is 146 Å². The third-order valence-corrected chi connectivity index (χ3v) is 8.86. The highest BCUT2D eigenvalue weighted by molar-refractivity contribution is 6.04. The minimum atomic E-state index is 0.806. The smallest absolute Gasteiger partial charge is 0.0972 e. The van der Waals surface area contributed by atoms with E-state index < -0.39 is 0 Å². The Balaban J connectivity index is 1.26. The second-order valence-corrected chi connectivity index (χ2v) is 12.0. The zero-order valence-corrected chi connectivity index (χ0v) is 26.6. The maximum Gasteiger partial charge on any atom is 0.0972 e. The number of allylic oxidation sites excluding steroid dienone is 1. The minimum Gasteiger partial charge on any atom is -0.254 e. The second-order valence-electron chi connectivity index (χ2n) is 12.0. The molecular weight excluding hydrogens is 601 g/mol. The number of pyridine rings is 6. The van der Waals surface area contributed by atoms with Crippen LogP contribution in [0.3, 0.4) is 0 Å². The first-order chi connectivity index (χ1) is 24.2. The fourth-order valence-corrected chi connectivity index (χ4v) is 6.51. The minimum absolute atomic E-state index is 0.806. The molecule has 0 aliphatic rings. The number of rotatable bonds is 5. The molecule has 6 aromatic heterocycles. The Bertz CT molecular complexity index is 2610. The molecule has 0 amide bonds. The van der Waals surface area contributed by atoms with Crippen LogP contribution in [0.25, 0.3) is 94.8 Å². The largest absolute Gasteiger partial charge is 0.254 e. The maximum absolute atomic E-state index is 5.20. The van der Waals surface area contributed by atoms with Gasteiger partial charge in [-0.25, -0.2) is 15.0 Å². The van der Waals surface area contributed by atoms with Crippen molar-refractivity contribution in [3.8, 4) is 45.2 Å². The van der Waals surface area contributed by atoms with E-state index in [1.807, 2.05) is 68.0 Å². The molecule has 0 aliphatic carbocycles. The van der Waals surface area contributed by atoms with Gasteiger partial charge in [0.25, 0.3) is 0 Å². The molecule has 0 radical (unpaired) electrons. The summed E-state index contributed by atoms with van der Waals surface area (Å²) in [6.45, 7) is 2.01. The van der Waals surface area contributed by atoms with Gasteiger partial charge in [-0.3, -0.25) is 15.0 Å². The molecule has 9 rings (SSSR count). The van der Waals surface area contributed by atoms with E-state index in [4.69, 9.17) is 19.9 Å². The lowest BCUT2D eigenvalue weighted by Gasteiger charge is -2.13. The van der Waals surface area contributed by atoms with E-state index >= 15 is 0 Å². The highest BCUT2D eigenvalue weighted by atomic mass is 14.8. The summed E-state index contributed by atoms with van der Waals surface area (Å²) in [4.78, 5) is 29.6. The van der Waals surface area contributed by atoms with E-state index in [1.165, 1.54) is 0 Å². The van der Waals surface area contributed by atoms with Gasteiger partial charge < -0.3 is 0 Å². The molecule has 0 saturated heterocycles. The van der Waals surface area contributed by atoms with Crippen molar-refractivity contribution in [1.82, 2.24) is 29.9 Å². The van der Waals surface area contributed by atoms with Gasteiger partial charge in [0, 0.05) is 62.4 Å². The predicted molar refractivity (Wildman–Crippen MR) is 200 cm³/mol. The molecule has 0 unspecified atom stereocenters. The lowest BCUT2D eigenvalue weighted by atomic mass is 9.97. The molecule has 0 spiro atoms. The molecule has 230 valence electrons. The zero-order chi connectivity index (χ0) is 32.7. The highest BCUT2D eigenvalue weighted by Gasteiger charge is 2.14. The summed E-state index contributed by atoms with van der Waals surface area (Å²) in [6.07, 6.45) is 9.53. The van der Waals surface area contributed by atoms with E-state index in [1.54, 1.807) is 0 Å². The summed E-state index contributed by atoms with van der Waals surface area (Å²) in [5.74, 6) is 0. The maximum atomic E-state index is 5.20. The molecule has 0 fully saturated rings. The third kappa shape index (κ3) is 5.16. The van der Waals surface area contributed by atoms with Crippen LogP contribution in [-0.2, 0) is 0 Å². The van der Waals surface area contributed by atoms with Gasteiger partial charge in [0.1, 0.15) is 0 Å². The van der Waals surface area contributed by atoms with Gasteiger partial charge >= 0.3 is 0 Å². The van der Waals surface area contributed by atoms with Crippen LogP contribution in [-0.4, -0.2) is 29.9 Å². The molecule has 0 atom stereocenters. The van der Waals surface area contributed by atoms with Crippen molar-refractivity contribution in [2.45, 2.75) is 6.92 Å². The van der Waals surface area contributed by atoms with E-state index in [0.29, 0.717) is 0 Å². The van der Waals surface area contributed by atoms with Crippen LogP contribution in [0.2, 0.25) is 0 Å². The molecule has 0 bridgehead atoms. The first kappa shape index (κ1) is 28.6. The predicted octanol–water partition coefficient (Wildman–Crippen LogP) is 10.4. The molecule has 49 heavy (non-hydrogen) atoms. The van der Waals surface area contributed by atoms with Crippen molar-refractivity contribution in [2.75, 3.05) is 0 Å². The van der Waals surface area contributed by atoms with Gasteiger partial charge in [-0.1, -0.05) is 72.8 Å². The fourth-order valence-electron chi connectivity index (χ4n) is 6.51. The van der Waals surface area contributed by atoms with Crippen molar-refractivity contribution < 1.29 is 0 Å². The van der Waals surface area contributed by atoms with Crippen molar-refractivity contribution in [3.05, 3.63) is 152 Å². The van der Waals surface area contributed by atoms with Gasteiger partial charge in [0.2, 0.25) is 0 Å². The Kier molecular flexibility index (Phi) is 6.91. The molecular formula is C43H28N6. The molecule has 0 aliphatic heterocycles. The third-order valence-electron chi connectivity index (χ3n) is 8.86. The Labute approximate surface area is 282 Å². The van der Waals surface area contributed by atoms with Gasteiger partial charge in [-0.15, -0.1) is 0 Å². The fraction of sp³-hybridized carbons (Fsp3) is 0.0233. The average Bonchev–Trinajstić information content (AvgIpc) is 3.17. The summed E-state index contributed by atoms with van der Waals surface area (Å²) in [5.41, 5.74) is 11.6. The van der Waals surface area contributed by atoms with Gasteiger partial charge in [-0.05, 0) is 67.6 Å². The van der Waals surface area contributed by atoms with Crippen LogP contribution >= 0.6 is 0 Å². The SMILES string of the molecule is C/C=C\c1cccnc1-c1cccc(-c2cc(-c3ccc4ccc5cccnc5c4n3)cc(-c3ccc4ccc5cccnc5c4n3)c2)n1. The molecule has 6 heteroatoms. The monoisotopic (exact) mass is 628 g/mol. The Morgan fingerprint density at radius 3 is 1.45 bits per heavy atom. The van der Waals surface area contributed by atoms with E-state index in [9.17, 15) is 0 Å². The number of hydrogen-bond donors (Lipinski definition) is 0. The summed E-state index contributed by atoms with van der Waals surface area (Å²) < 4.78 is 0. The summed E-state index contributed by atoms with van der Waals surface area (Å²) >= 11 is 0. The summed E-state index contributed by atoms with van der Waals surface area (Å²) in [7, 11) is 0. The zero-order valence-electron chi connectivity index (χ0n) is 26.6. The molecule has 3 aromatic carbocycles. The molecule has 6 heterocycles. The first-order valence-electron chi connectivity index (χ1n) is 16.2. The Morgan fingerprint density at radius 1 is 0.408 bits per heavy atom. The number of fused-ring (bicyclic) bond motifs is 6. The summed E-state index contributed by atoms with van der Waals surface area (Å²) in [6, 6.07) is 41.4. The van der Waals surface area contributed by atoms with E-state index in [-0.39, 0.29) is 0 Å². The highest BCUT2D eigenvalue weighted by Crippen LogP contribution is 2.35. The quantitative estimate of drug-likeness (QED) is 0.177. The molecule has 0 N–H and O–H groups in total. The number of nitrogens with zero attached hydrogens (tertiary/aromatic N) is 6. The van der Waals surface area contributed by atoms with Crippen LogP contribution in [0.4, 0.5) is 0 Å². The first-order valence-corrected chi connectivity index (χ1v) is 16.2. The Hall–Kier alpha value is -6.66. The van der Waals surface area contributed by atoms with Crippen LogP contribution in [0.5, 0.6) is 0 Å². The van der Waals surface area contributed by atoms with Crippen molar-refractivity contribution in [3.63, 3.8) is 0 Å². The second kappa shape index (κ2) is 11.9. The van der Waals surface area contributed by atoms with Crippen LogP contribution in [0, 0.1) is 0 Å². The van der Waals surface area contributed by atoms with Crippen molar-refractivity contribution in [1.29, 1.82) is 0 Å². The molecule has 9 aromatic rings. The number of hydrogen-bond acceptors (Lipinski definition) is 6. The normalized spacial score (nSPS) is 11.7. The number of aromatic nitrogens is 6. The standard InChI is InChI=1S/C43H28N6/c1-2-7-27-8-4-21-44-39(27)38-12-3-11-35(47-38)32-24-33(36-19-17-30-15-13-28-9-5-22-45-40(28)42(30)48-36)26-34(25-32)37-20-18-31-16-14-29-10-6-23-46-41(29)43(31)49-37/h2-26H,1H3/b7-2-. The topological polar surface area (TPSA) is 77.3 Å². The van der Waals surface area contributed by atoms with Gasteiger partial charge in [0.15, 0.2) is 0 Å². The van der Waals surface area contributed by atoms with Gasteiger partial charge in [-0.2, -0.15) is 0 Å². The average molecular weight is 629 g/mol. The van der Waals surface area contributed by atoms with Gasteiger partial charge in [0.05, 0.1) is 50.5 Å². The van der Waals surface area contributed by atoms with Crippen LogP contribution < -0.4 is 0 Å². The lowest BCUT2D eigenvalue weighted by molar-refractivity contribution is 1.24. The van der Waals surface area contributed by atoms with E-state index in [0.717, 1.165) is 94.3 Å². The van der Waals surface area contributed by atoms with Crippen LogP contribution in [0.1, 0.15) is 12.5 Å². The van der Waals surface area contributed by atoms with Crippen molar-refractivity contribution in [2.24, 2.45) is 0 Å². The summed E-state index contributed by atoms with van der Waals surface area (Å²) in [5, 5.41) is 4.21. The Morgan fingerprint density at radius 2 is 0.878 bits per heavy atom.